The van der Waals surface area contributed by atoms with E-state index in [1.807, 2.05) is 0 Å². The van der Waals surface area contributed by atoms with E-state index in [1.165, 1.54) is 25.7 Å². The highest BCUT2D eigenvalue weighted by Crippen LogP contribution is 2.22. The Hall–Kier alpha value is -1.26. The molecule has 1 rings (SSSR count). The first kappa shape index (κ1) is 16.8. The van der Waals surface area contributed by atoms with Crippen LogP contribution in [-0.2, 0) is 4.79 Å². The Morgan fingerprint density at radius 1 is 1.10 bits per heavy atom. The molecule has 1 saturated carbocycles. The van der Waals surface area contributed by atoms with Gasteiger partial charge in [-0.05, 0) is 31.6 Å². The predicted octanol–water partition coefficient (Wildman–Crippen LogP) is 2.90. The zero-order chi connectivity index (χ0) is 14.8. The molecular weight excluding hydrogens is 256 g/mol. The number of carbonyl (C=O) groups is 2. The molecular formula is C15H28N2O3. The highest BCUT2D eigenvalue weighted by atomic mass is 16.4. The third-order valence-corrected chi connectivity index (χ3v) is 4.03. The number of aliphatic carboxylic acids is 1. The van der Waals surface area contributed by atoms with Gasteiger partial charge in [-0.3, -0.25) is 4.79 Å². The van der Waals surface area contributed by atoms with Crippen molar-refractivity contribution >= 4 is 12.0 Å². The van der Waals surface area contributed by atoms with Crippen LogP contribution >= 0.6 is 0 Å². The number of hydrogen-bond acceptors (Lipinski definition) is 2. The summed E-state index contributed by atoms with van der Waals surface area (Å²) in [7, 11) is 0. The van der Waals surface area contributed by atoms with Crippen LogP contribution in [0.2, 0.25) is 0 Å². The van der Waals surface area contributed by atoms with E-state index >= 15 is 0 Å². The number of carboxylic acids is 1. The van der Waals surface area contributed by atoms with E-state index in [4.69, 9.17) is 5.11 Å². The summed E-state index contributed by atoms with van der Waals surface area (Å²) in [5.74, 6) is -0.197. The Bertz CT molecular complexity index is 307. The van der Waals surface area contributed by atoms with Gasteiger partial charge in [0.15, 0.2) is 0 Å². The summed E-state index contributed by atoms with van der Waals surface area (Å²) in [5.41, 5.74) is 0. The van der Waals surface area contributed by atoms with Crippen LogP contribution in [0.3, 0.4) is 0 Å². The van der Waals surface area contributed by atoms with Gasteiger partial charge in [0.05, 0.1) is 0 Å². The second kappa shape index (κ2) is 9.61. The minimum Gasteiger partial charge on any atom is -0.481 e. The lowest BCUT2D eigenvalue weighted by molar-refractivity contribution is -0.137. The van der Waals surface area contributed by atoms with Gasteiger partial charge in [-0.25, -0.2) is 4.79 Å². The van der Waals surface area contributed by atoms with Crippen LogP contribution in [0.25, 0.3) is 0 Å². The lowest BCUT2D eigenvalue weighted by atomic mass is 9.97. The molecule has 0 aromatic rings. The SMILES string of the molecule is CC1CCCCCC1NC(=O)NCCCCCC(=O)O. The molecule has 0 radical (unpaired) electrons. The van der Waals surface area contributed by atoms with Crippen molar-refractivity contribution < 1.29 is 14.7 Å². The lowest BCUT2D eigenvalue weighted by Gasteiger charge is -2.23. The van der Waals surface area contributed by atoms with Crippen LogP contribution in [0.5, 0.6) is 0 Å². The minimum atomic E-state index is -0.752. The third-order valence-electron chi connectivity index (χ3n) is 4.03. The fraction of sp³-hybridized carbons (Fsp3) is 0.867. The Balaban J connectivity index is 2.08. The summed E-state index contributed by atoms with van der Waals surface area (Å²) in [6.45, 7) is 2.83. The van der Waals surface area contributed by atoms with Gasteiger partial charge in [-0.15, -0.1) is 0 Å². The number of amides is 2. The van der Waals surface area contributed by atoms with E-state index in [0.29, 0.717) is 24.9 Å². The maximum absolute atomic E-state index is 11.8. The van der Waals surface area contributed by atoms with Crippen molar-refractivity contribution in [3.8, 4) is 0 Å². The first-order valence-electron chi connectivity index (χ1n) is 7.85. The number of urea groups is 1. The molecule has 20 heavy (non-hydrogen) atoms. The van der Waals surface area contributed by atoms with Crippen molar-refractivity contribution in [3.05, 3.63) is 0 Å². The molecule has 2 atom stereocenters. The van der Waals surface area contributed by atoms with E-state index in [2.05, 4.69) is 17.6 Å². The number of nitrogens with one attached hydrogen (secondary N) is 2. The number of carbonyl (C=O) groups excluding carboxylic acids is 1. The summed E-state index contributed by atoms with van der Waals surface area (Å²) in [4.78, 5) is 22.1. The van der Waals surface area contributed by atoms with Crippen LogP contribution in [0, 0.1) is 5.92 Å². The summed E-state index contributed by atoms with van der Waals surface area (Å²) in [6.07, 6.45) is 8.58. The first-order chi connectivity index (χ1) is 9.59. The van der Waals surface area contributed by atoms with E-state index in [0.717, 1.165) is 19.3 Å². The quantitative estimate of drug-likeness (QED) is 0.497. The number of carboxylic acid groups (broad SMARTS) is 1. The van der Waals surface area contributed by atoms with Gasteiger partial charge in [0.1, 0.15) is 0 Å². The average molecular weight is 284 g/mol. The minimum absolute atomic E-state index is 0.0815. The number of unbranched alkanes of at least 4 members (excludes halogenated alkanes) is 2. The molecule has 0 saturated heterocycles. The Kier molecular flexibility index (Phi) is 8.07. The van der Waals surface area contributed by atoms with Crippen LogP contribution in [-0.4, -0.2) is 29.7 Å². The van der Waals surface area contributed by atoms with Crippen molar-refractivity contribution in [1.29, 1.82) is 0 Å². The smallest absolute Gasteiger partial charge is 0.315 e. The van der Waals surface area contributed by atoms with Gasteiger partial charge < -0.3 is 15.7 Å². The van der Waals surface area contributed by atoms with Gasteiger partial charge in [0, 0.05) is 19.0 Å². The van der Waals surface area contributed by atoms with Gasteiger partial charge in [-0.2, -0.15) is 0 Å². The van der Waals surface area contributed by atoms with Crippen LogP contribution in [0.15, 0.2) is 0 Å². The highest BCUT2D eigenvalue weighted by Gasteiger charge is 2.21. The molecule has 0 aromatic carbocycles. The topological polar surface area (TPSA) is 78.4 Å². The summed E-state index contributed by atoms with van der Waals surface area (Å²) < 4.78 is 0. The van der Waals surface area contributed by atoms with Crippen molar-refractivity contribution in [2.45, 2.75) is 70.8 Å². The van der Waals surface area contributed by atoms with Gasteiger partial charge in [0.2, 0.25) is 0 Å². The maximum Gasteiger partial charge on any atom is 0.315 e. The summed E-state index contributed by atoms with van der Waals surface area (Å²) >= 11 is 0. The Morgan fingerprint density at radius 3 is 2.60 bits per heavy atom. The number of rotatable bonds is 7. The molecule has 1 fully saturated rings. The molecule has 1 aliphatic carbocycles. The number of hydrogen-bond donors (Lipinski definition) is 3. The molecule has 2 amide bonds. The molecule has 5 nitrogen and oxygen atoms in total. The second-order valence-electron chi connectivity index (χ2n) is 5.83. The first-order valence-corrected chi connectivity index (χ1v) is 7.85. The maximum atomic E-state index is 11.8. The zero-order valence-corrected chi connectivity index (χ0v) is 12.5. The molecule has 0 bridgehead atoms. The van der Waals surface area contributed by atoms with Crippen LogP contribution in [0.1, 0.15) is 64.7 Å². The molecule has 0 aliphatic heterocycles. The van der Waals surface area contributed by atoms with E-state index in [-0.39, 0.29) is 12.5 Å². The van der Waals surface area contributed by atoms with Gasteiger partial charge in [-0.1, -0.05) is 32.6 Å². The molecule has 116 valence electrons. The molecule has 5 heteroatoms. The molecule has 2 unspecified atom stereocenters. The van der Waals surface area contributed by atoms with E-state index in [9.17, 15) is 9.59 Å². The molecule has 1 aliphatic rings. The predicted molar refractivity (Wildman–Crippen MR) is 78.7 cm³/mol. The van der Waals surface area contributed by atoms with Crippen molar-refractivity contribution in [2.75, 3.05) is 6.54 Å². The molecule has 0 aromatic heterocycles. The zero-order valence-electron chi connectivity index (χ0n) is 12.5. The largest absolute Gasteiger partial charge is 0.481 e. The molecule has 0 spiro atoms. The normalized spacial score (nSPS) is 22.9. The second-order valence-corrected chi connectivity index (χ2v) is 5.83. The summed E-state index contributed by atoms with van der Waals surface area (Å²) in [5, 5.41) is 14.4. The van der Waals surface area contributed by atoms with E-state index in [1.54, 1.807) is 0 Å². The lowest BCUT2D eigenvalue weighted by Crippen LogP contribution is -2.44. The Morgan fingerprint density at radius 2 is 1.85 bits per heavy atom. The third kappa shape index (κ3) is 7.36. The molecule has 3 N–H and O–H groups in total. The van der Waals surface area contributed by atoms with Gasteiger partial charge >= 0.3 is 12.0 Å². The van der Waals surface area contributed by atoms with Crippen molar-refractivity contribution in [3.63, 3.8) is 0 Å². The monoisotopic (exact) mass is 284 g/mol. The van der Waals surface area contributed by atoms with Crippen LogP contribution in [0.4, 0.5) is 4.79 Å². The standard InChI is InChI=1S/C15H28N2O3/c1-12-8-4-2-5-9-13(12)17-15(20)16-11-7-3-6-10-14(18)19/h12-13H,2-11H2,1H3,(H,18,19)(H2,16,17,20). The summed E-state index contributed by atoms with van der Waals surface area (Å²) in [6, 6.07) is 0.214. The molecule has 0 heterocycles. The average Bonchev–Trinajstić information content (AvgIpc) is 2.59. The van der Waals surface area contributed by atoms with Gasteiger partial charge in [0.25, 0.3) is 0 Å². The van der Waals surface area contributed by atoms with Crippen molar-refractivity contribution in [1.82, 2.24) is 10.6 Å². The highest BCUT2D eigenvalue weighted by molar-refractivity contribution is 5.74. The fourth-order valence-electron chi connectivity index (χ4n) is 2.71. The van der Waals surface area contributed by atoms with Crippen molar-refractivity contribution in [2.24, 2.45) is 5.92 Å². The Labute approximate surface area is 121 Å². The fourth-order valence-corrected chi connectivity index (χ4v) is 2.71. The van der Waals surface area contributed by atoms with E-state index < -0.39 is 5.97 Å². The van der Waals surface area contributed by atoms with Crippen LogP contribution < -0.4 is 10.6 Å².